The Kier molecular flexibility index (Phi) is 4.54. The molecule has 0 aromatic heterocycles. The van der Waals surface area contributed by atoms with E-state index in [1.807, 2.05) is 0 Å². The van der Waals surface area contributed by atoms with Gasteiger partial charge >= 0.3 is 6.18 Å². The van der Waals surface area contributed by atoms with Crippen molar-refractivity contribution in [1.82, 2.24) is 0 Å². The molecular formula is C18H22BrF3O2. The van der Waals surface area contributed by atoms with Gasteiger partial charge in [-0.2, -0.15) is 13.2 Å². The molecule has 6 heteroatoms. The van der Waals surface area contributed by atoms with Crippen molar-refractivity contribution in [3.8, 4) is 0 Å². The van der Waals surface area contributed by atoms with Gasteiger partial charge in [0.15, 0.2) is 0 Å². The molecule has 2 fully saturated rings. The Hall–Kier alpha value is -0.590. The first-order chi connectivity index (χ1) is 11.1. The van der Waals surface area contributed by atoms with Crippen LogP contribution >= 0.6 is 15.9 Å². The Morgan fingerprint density at radius 3 is 2.38 bits per heavy atom. The molecule has 0 radical (unpaired) electrons. The van der Waals surface area contributed by atoms with Crippen molar-refractivity contribution in [3.05, 3.63) is 35.4 Å². The maximum absolute atomic E-state index is 12.6. The number of hydrogen-bond donors (Lipinski definition) is 0. The third-order valence-corrected chi connectivity index (χ3v) is 6.53. The number of ether oxygens (including phenoxy) is 2. The lowest BCUT2D eigenvalue weighted by atomic mass is 9.75. The molecule has 3 rings (SSSR count). The summed E-state index contributed by atoms with van der Waals surface area (Å²) in [5.74, 6) is 0.364. The highest BCUT2D eigenvalue weighted by Gasteiger charge is 2.65. The van der Waals surface area contributed by atoms with Crippen LogP contribution in [0.4, 0.5) is 13.2 Å². The second-order valence-corrected chi connectivity index (χ2v) is 8.50. The van der Waals surface area contributed by atoms with Crippen molar-refractivity contribution >= 4 is 15.9 Å². The van der Waals surface area contributed by atoms with Crippen molar-refractivity contribution in [2.24, 2.45) is 5.92 Å². The van der Waals surface area contributed by atoms with E-state index in [-0.39, 0.29) is 17.3 Å². The average Bonchev–Trinajstić information content (AvgIpc) is 2.92. The zero-order valence-electron chi connectivity index (χ0n) is 14.0. The Morgan fingerprint density at radius 2 is 1.88 bits per heavy atom. The minimum absolute atomic E-state index is 0.0454. The molecule has 2 saturated heterocycles. The second kappa shape index (κ2) is 5.99. The molecule has 1 aromatic carbocycles. The lowest BCUT2D eigenvalue weighted by molar-refractivity contribution is -0.137. The van der Waals surface area contributed by atoms with Gasteiger partial charge in [0, 0.05) is 11.2 Å². The number of rotatable bonds is 4. The van der Waals surface area contributed by atoms with E-state index in [0.29, 0.717) is 17.4 Å². The average molecular weight is 407 g/mol. The summed E-state index contributed by atoms with van der Waals surface area (Å²) in [6.45, 7) is 6.66. The summed E-state index contributed by atoms with van der Waals surface area (Å²) in [5.41, 5.74) is -0.463. The molecule has 2 aliphatic rings. The van der Waals surface area contributed by atoms with Crippen molar-refractivity contribution in [2.45, 2.75) is 68.5 Å². The lowest BCUT2D eigenvalue weighted by Gasteiger charge is -2.35. The highest BCUT2D eigenvalue weighted by molar-refractivity contribution is 9.09. The first kappa shape index (κ1) is 18.2. The van der Waals surface area contributed by atoms with E-state index in [4.69, 9.17) is 9.47 Å². The molecule has 0 saturated carbocycles. The Bertz CT molecular complexity index is 601. The zero-order chi connectivity index (χ0) is 17.8. The van der Waals surface area contributed by atoms with Crippen molar-refractivity contribution in [1.29, 1.82) is 0 Å². The van der Waals surface area contributed by atoms with E-state index in [1.165, 1.54) is 12.1 Å². The van der Waals surface area contributed by atoms with Gasteiger partial charge in [-0.05, 0) is 37.0 Å². The Morgan fingerprint density at radius 1 is 1.25 bits per heavy atom. The van der Waals surface area contributed by atoms with Gasteiger partial charge in [0.1, 0.15) is 0 Å². The first-order valence-corrected chi connectivity index (χ1v) is 9.10. The second-order valence-electron chi connectivity index (χ2n) is 7.39. The van der Waals surface area contributed by atoms with Crippen LogP contribution in [0.5, 0.6) is 0 Å². The van der Waals surface area contributed by atoms with Crippen molar-refractivity contribution in [2.75, 3.05) is 0 Å². The first-order valence-electron chi connectivity index (χ1n) is 8.19. The molecule has 4 unspecified atom stereocenters. The molecule has 0 N–H and O–H groups in total. The summed E-state index contributed by atoms with van der Waals surface area (Å²) in [4.78, 5) is 0.306. The van der Waals surface area contributed by atoms with Gasteiger partial charge < -0.3 is 9.47 Å². The minimum Gasteiger partial charge on any atom is -0.370 e. The van der Waals surface area contributed by atoms with Gasteiger partial charge in [-0.3, -0.25) is 0 Å². The van der Waals surface area contributed by atoms with Gasteiger partial charge in [0.25, 0.3) is 0 Å². The molecule has 0 spiro atoms. The molecule has 2 bridgehead atoms. The fourth-order valence-electron chi connectivity index (χ4n) is 3.88. The maximum Gasteiger partial charge on any atom is 0.416 e. The van der Waals surface area contributed by atoms with Crippen LogP contribution < -0.4 is 0 Å². The summed E-state index contributed by atoms with van der Waals surface area (Å²) < 4.78 is 50.2. The minimum atomic E-state index is -4.31. The monoisotopic (exact) mass is 406 g/mol. The van der Waals surface area contributed by atoms with Crippen LogP contribution in [0.2, 0.25) is 0 Å². The molecule has 2 heterocycles. The highest BCUT2D eigenvalue weighted by Crippen LogP contribution is 2.57. The van der Waals surface area contributed by atoms with Gasteiger partial charge in [0.05, 0.1) is 29.5 Å². The summed E-state index contributed by atoms with van der Waals surface area (Å²) >= 11 is 3.75. The van der Waals surface area contributed by atoms with Crippen LogP contribution in [0.1, 0.15) is 44.7 Å². The predicted molar refractivity (Wildman–Crippen MR) is 89.0 cm³/mol. The van der Waals surface area contributed by atoms with E-state index in [1.54, 1.807) is 0 Å². The Balaban J connectivity index is 1.66. The maximum atomic E-state index is 12.6. The van der Waals surface area contributed by atoms with Crippen molar-refractivity contribution in [3.63, 3.8) is 0 Å². The number of benzene rings is 1. The highest BCUT2D eigenvalue weighted by atomic mass is 79.9. The van der Waals surface area contributed by atoms with Crippen LogP contribution in [0.3, 0.4) is 0 Å². The van der Waals surface area contributed by atoms with Gasteiger partial charge in [0.2, 0.25) is 0 Å². The molecule has 0 amide bonds. The molecule has 2 aliphatic heterocycles. The molecule has 2 nitrogen and oxygen atoms in total. The van der Waals surface area contributed by atoms with Crippen LogP contribution in [0, 0.1) is 5.92 Å². The van der Waals surface area contributed by atoms with E-state index in [9.17, 15) is 13.2 Å². The summed E-state index contributed by atoms with van der Waals surface area (Å²) in [7, 11) is 0. The third-order valence-electron chi connectivity index (χ3n) is 5.43. The normalized spacial score (nSPS) is 35.8. The van der Waals surface area contributed by atoms with E-state index in [0.717, 1.165) is 30.5 Å². The predicted octanol–water partition coefficient (Wildman–Crippen LogP) is 5.33. The molecule has 0 aliphatic carbocycles. The number of halogens is 4. The number of fused-ring (bicyclic) bond motifs is 2. The summed E-state index contributed by atoms with van der Waals surface area (Å²) in [6, 6.07) is 5.15. The SMILES string of the molecule is CC(C)C12CC(OCc3ccc(C(F)(F)F)cc3)C(C)(CC1Br)O2. The van der Waals surface area contributed by atoms with E-state index < -0.39 is 11.7 Å². The van der Waals surface area contributed by atoms with Gasteiger partial charge in [-0.15, -0.1) is 0 Å². The smallest absolute Gasteiger partial charge is 0.370 e. The largest absolute Gasteiger partial charge is 0.416 e. The number of alkyl halides is 4. The van der Waals surface area contributed by atoms with Crippen LogP contribution in [0.15, 0.2) is 24.3 Å². The Labute approximate surface area is 148 Å². The zero-order valence-corrected chi connectivity index (χ0v) is 15.6. The van der Waals surface area contributed by atoms with Crippen LogP contribution in [-0.4, -0.2) is 22.1 Å². The molecule has 134 valence electrons. The van der Waals surface area contributed by atoms with E-state index in [2.05, 4.69) is 36.7 Å². The molecule has 4 atom stereocenters. The van der Waals surface area contributed by atoms with E-state index >= 15 is 0 Å². The van der Waals surface area contributed by atoms with Gasteiger partial charge in [-0.25, -0.2) is 0 Å². The summed E-state index contributed by atoms with van der Waals surface area (Å²) in [6.07, 6.45) is -2.67. The lowest BCUT2D eigenvalue weighted by Crippen LogP contribution is -2.44. The summed E-state index contributed by atoms with van der Waals surface area (Å²) in [5, 5.41) is 0. The van der Waals surface area contributed by atoms with Crippen molar-refractivity contribution < 1.29 is 22.6 Å². The topological polar surface area (TPSA) is 18.5 Å². The third kappa shape index (κ3) is 3.01. The van der Waals surface area contributed by atoms with Crippen LogP contribution in [0.25, 0.3) is 0 Å². The van der Waals surface area contributed by atoms with Gasteiger partial charge in [-0.1, -0.05) is 41.9 Å². The molecule has 1 aromatic rings. The molecular weight excluding hydrogens is 385 g/mol. The molecule has 24 heavy (non-hydrogen) atoms. The van der Waals surface area contributed by atoms with Crippen LogP contribution in [-0.2, 0) is 22.3 Å². The number of hydrogen-bond acceptors (Lipinski definition) is 2. The fourth-order valence-corrected chi connectivity index (χ4v) is 5.33. The fraction of sp³-hybridized carbons (Fsp3) is 0.667. The quantitative estimate of drug-likeness (QED) is 0.628. The standard InChI is InChI=1S/C18H22BrF3O2/c1-11(2)17-9-15(16(3,24-17)8-14(17)19)23-10-12-4-6-13(7-5-12)18(20,21)22/h4-7,11,14-15H,8-10H2,1-3H3.